The molecule has 20 heavy (non-hydrogen) atoms. The molecule has 1 atom stereocenters. The van der Waals surface area contributed by atoms with Gasteiger partial charge in [-0.1, -0.05) is 24.3 Å². The fraction of sp³-hybridized carbons (Fsp3) is 0.294. The van der Waals surface area contributed by atoms with Gasteiger partial charge in [0, 0.05) is 17.8 Å². The fourth-order valence-electron chi connectivity index (χ4n) is 2.84. The summed E-state index contributed by atoms with van der Waals surface area (Å²) < 4.78 is 5.22. The van der Waals surface area contributed by atoms with Gasteiger partial charge in [0.05, 0.1) is 7.11 Å². The van der Waals surface area contributed by atoms with Gasteiger partial charge in [-0.2, -0.15) is 0 Å². The summed E-state index contributed by atoms with van der Waals surface area (Å²) in [6.45, 7) is 2.94. The van der Waals surface area contributed by atoms with Crippen molar-refractivity contribution >= 4 is 5.69 Å². The maximum Gasteiger partial charge on any atom is 0.119 e. The molecule has 1 aliphatic rings. The Morgan fingerprint density at radius 2 is 2.05 bits per heavy atom. The van der Waals surface area contributed by atoms with Gasteiger partial charge < -0.3 is 15.2 Å². The number of aryl methyl sites for hydroxylation is 1. The molecule has 0 saturated heterocycles. The largest absolute Gasteiger partial charge is 0.497 e. The topological polar surface area (TPSA) is 41.5 Å². The Hall–Kier alpha value is -2.00. The number of nitrogens with one attached hydrogen (secondary N) is 1. The van der Waals surface area contributed by atoms with Crippen molar-refractivity contribution in [1.29, 1.82) is 0 Å². The number of methoxy groups -OCH3 is 1. The van der Waals surface area contributed by atoms with Crippen LogP contribution < -0.4 is 10.1 Å². The Morgan fingerprint density at radius 3 is 2.80 bits per heavy atom. The minimum absolute atomic E-state index is 0.610. The van der Waals surface area contributed by atoms with E-state index in [2.05, 4.69) is 11.4 Å². The first kappa shape index (κ1) is 13.0. The number of aliphatic hydroxyl groups is 1. The highest BCUT2D eigenvalue weighted by Gasteiger charge is 2.21. The summed E-state index contributed by atoms with van der Waals surface area (Å²) in [5.74, 6) is 0.815. The van der Waals surface area contributed by atoms with Crippen LogP contribution in [-0.2, 0) is 6.42 Å². The minimum Gasteiger partial charge on any atom is -0.497 e. The van der Waals surface area contributed by atoms with Gasteiger partial charge in [-0.25, -0.2) is 0 Å². The molecule has 0 fully saturated rings. The van der Waals surface area contributed by atoms with E-state index >= 15 is 0 Å². The first-order chi connectivity index (χ1) is 9.70. The summed E-state index contributed by atoms with van der Waals surface area (Å²) in [5.41, 5.74) is 5.29. The Kier molecular flexibility index (Phi) is 3.36. The van der Waals surface area contributed by atoms with Crippen LogP contribution in [0.2, 0.25) is 0 Å². The van der Waals surface area contributed by atoms with Crippen LogP contribution in [0.5, 0.6) is 5.75 Å². The molecule has 2 N–H and O–H groups in total. The molecule has 1 unspecified atom stereocenters. The zero-order valence-corrected chi connectivity index (χ0v) is 11.8. The van der Waals surface area contributed by atoms with Crippen molar-refractivity contribution in [1.82, 2.24) is 0 Å². The molecule has 0 spiro atoms. The van der Waals surface area contributed by atoms with Crippen molar-refractivity contribution in [3.63, 3.8) is 0 Å². The summed E-state index contributed by atoms with van der Waals surface area (Å²) >= 11 is 0. The van der Waals surface area contributed by atoms with Gasteiger partial charge in [-0.15, -0.1) is 0 Å². The normalized spacial score (nSPS) is 14.6. The predicted molar refractivity (Wildman–Crippen MR) is 80.4 cm³/mol. The van der Waals surface area contributed by atoms with E-state index < -0.39 is 6.10 Å². The lowest BCUT2D eigenvalue weighted by Crippen LogP contribution is -2.05. The average Bonchev–Trinajstić information content (AvgIpc) is 2.94. The highest BCUT2D eigenvalue weighted by Crippen LogP contribution is 2.35. The number of rotatable bonds is 3. The maximum atomic E-state index is 10.7. The second kappa shape index (κ2) is 5.17. The van der Waals surface area contributed by atoms with Gasteiger partial charge in [0.1, 0.15) is 11.9 Å². The van der Waals surface area contributed by atoms with Gasteiger partial charge in [0.15, 0.2) is 0 Å². The smallest absolute Gasteiger partial charge is 0.119 e. The molecule has 1 heterocycles. The third-order valence-electron chi connectivity index (χ3n) is 3.95. The van der Waals surface area contributed by atoms with E-state index in [9.17, 15) is 5.11 Å². The van der Waals surface area contributed by atoms with Crippen molar-refractivity contribution < 1.29 is 9.84 Å². The zero-order valence-electron chi connectivity index (χ0n) is 11.8. The Balaban J connectivity index is 2.01. The van der Waals surface area contributed by atoms with E-state index in [-0.39, 0.29) is 0 Å². The number of benzene rings is 2. The van der Waals surface area contributed by atoms with E-state index in [1.165, 1.54) is 5.56 Å². The quantitative estimate of drug-likeness (QED) is 0.900. The third-order valence-corrected chi connectivity index (χ3v) is 3.95. The molecular formula is C17H19NO2. The Labute approximate surface area is 119 Å². The van der Waals surface area contributed by atoms with Crippen LogP contribution in [0.3, 0.4) is 0 Å². The molecule has 0 bridgehead atoms. The van der Waals surface area contributed by atoms with Crippen LogP contribution in [-0.4, -0.2) is 18.8 Å². The summed E-state index contributed by atoms with van der Waals surface area (Å²) in [6.07, 6.45) is 0.416. The molecule has 3 heteroatoms. The van der Waals surface area contributed by atoms with Crippen molar-refractivity contribution in [2.75, 3.05) is 19.0 Å². The Bertz CT molecular complexity index is 637. The lowest BCUT2D eigenvalue weighted by atomic mass is 9.95. The molecule has 1 aliphatic heterocycles. The van der Waals surface area contributed by atoms with Crippen LogP contribution in [0.25, 0.3) is 0 Å². The van der Waals surface area contributed by atoms with Crippen molar-refractivity contribution in [3.8, 4) is 5.75 Å². The predicted octanol–water partition coefficient (Wildman–Crippen LogP) is 3.05. The molecular weight excluding hydrogens is 250 g/mol. The van der Waals surface area contributed by atoms with Crippen LogP contribution in [0.1, 0.15) is 28.4 Å². The molecule has 0 amide bonds. The number of fused-ring (bicyclic) bond motifs is 1. The molecule has 0 aliphatic carbocycles. The van der Waals surface area contributed by atoms with Gasteiger partial charge in [-0.05, 0) is 42.2 Å². The van der Waals surface area contributed by atoms with Gasteiger partial charge in [-0.3, -0.25) is 0 Å². The van der Waals surface area contributed by atoms with Crippen LogP contribution in [0.15, 0.2) is 36.4 Å². The highest BCUT2D eigenvalue weighted by atomic mass is 16.5. The monoisotopic (exact) mass is 269 g/mol. The van der Waals surface area contributed by atoms with E-state index in [1.807, 2.05) is 37.3 Å². The Morgan fingerprint density at radius 1 is 1.20 bits per heavy atom. The molecule has 0 radical (unpaired) electrons. The number of hydrogen-bond acceptors (Lipinski definition) is 3. The molecule has 3 nitrogen and oxygen atoms in total. The summed E-state index contributed by atoms with van der Waals surface area (Å²) in [6, 6.07) is 11.9. The number of anilines is 1. The first-order valence-electron chi connectivity index (χ1n) is 6.89. The number of aliphatic hydroxyl groups excluding tert-OH is 1. The minimum atomic E-state index is -0.610. The van der Waals surface area contributed by atoms with Crippen molar-refractivity contribution in [2.45, 2.75) is 19.4 Å². The maximum absolute atomic E-state index is 10.7. The van der Waals surface area contributed by atoms with Gasteiger partial charge in [0.25, 0.3) is 0 Å². The first-order valence-corrected chi connectivity index (χ1v) is 6.89. The van der Waals surface area contributed by atoms with Crippen LogP contribution >= 0.6 is 0 Å². The molecule has 0 aromatic heterocycles. The number of hydrogen-bond donors (Lipinski definition) is 2. The van der Waals surface area contributed by atoms with E-state index in [0.29, 0.717) is 0 Å². The fourth-order valence-corrected chi connectivity index (χ4v) is 2.84. The standard InChI is InChI=1S/C17H19NO2/c1-11-10-13(20-2)6-7-14(11)17(19)15-5-3-4-12-8-9-18-16(12)15/h3-7,10,17-19H,8-9H2,1-2H3. The van der Waals surface area contributed by atoms with Crippen LogP contribution in [0.4, 0.5) is 5.69 Å². The molecule has 0 saturated carbocycles. The van der Waals surface area contributed by atoms with Gasteiger partial charge >= 0.3 is 0 Å². The second-order valence-corrected chi connectivity index (χ2v) is 5.18. The SMILES string of the molecule is COc1ccc(C(O)c2cccc3c2NCC3)c(C)c1. The van der Waals surface area contributed by atoms with E-state index in [4.69, 9.17) is 4.74 Å². The third kappa shape index (κ3) is 2.14. The number of para-hydroxylation sites is 1. The van der Waals surface area contributed by atoms with E-state index in [1.54, 1.807) is 7.11 Å². The lowest BCUT2D eigenvalue weighted by Gasteiger charge is -2.18. The molecule has 2 aromatic carbocycles. The molecule has 2 aromatic rings. The van der Waals surface area contributed by atoms with E-state index in [0.717, 1.165) is 41.1 Å². The van der Waals surface area contributed by atoms with Crippen LogP contribution in [0, 0.1) is 6.92 Å². The summed E-state index contributed by atoms with van der Waals surface area (Å²) in [7, 11) is 1.65. The number of ether oxygens (including phenoxy) is 1. The highest BCUT2D eigenvalue weighted by molar-refractivity contribution is 5.63. The zero-order chi connectivity index (χ0) is 14.1. The summed E-state index contributed by atoms with van der Waals surface area (Å²) in [4.78, 5) is 0. The second-order valence-electron chi connectivity index (χ2n) is 5.18. The van der Waals surface area contributed by atoms with Crippen molar-refractivity contribution in [2.24, 2.45) is 0 Å². The molecule has 3 rings (SSSR count). The lowest BCUT2D eigenvalue weighted by molar-refractivity contribution is 0.220. The average molecular weight is 269 g/mol. The van der Waals surface area contributed by atoms with Gasteiger partial charge in [0.2, 0.25) is 0 Å². The molecule has 104 valence electrons. The summed E-state index contributed by atoms with van der Waals surface area (Å²) in [5, 5.41) is 14.1. The van der Waals surface area contributed by atoms with Crippen molar-refractivity contribution in [3.05, 3.63) is 58.7 Å².